The molecular weight excluding hydrogens is 239 g/mol. The summed E-state index contributed by atoms with van der Waals surface area (Å²) in [5.74, 6) is 5.76. The summed E-state index contributed by atoms with van der Waals surface area (Å²) >= 11 is 0. The molecule has 0 aromatic heterocycles. The predicted octanol–water partition coefficient (Wildman–Crippen LogP) is 4.37. The van der Waals surface area contributed by atoms with Crippen LogP contribution >= 0.6 is 0 Å². The molecule has 1 aromatic carbocycles. The highest BCUT2D eigenvalue weighted by atomic mass is 19.1. The Labute approximate surface area is 115 Å². The fourth-order valence-corrected chi connectivity index (χ4v) is 1.83. The Bertz CT molecular complexity index is 468. The summed E-state index contributed by atoms with van der Waals surface area (Å²) in [4.78, 5) is 0. The first-order valence-electron chi connectivity index (χ1n) is 6.76. The SMILES string of the molecule is C=CCC(O)c1cc(F)ccc1C#CCCCCC. The third-order valence-corrected chi connectivity index (χ3v) is 2.89. The fraction of sp³-hybridized carbons (Fsp3) is 0.412. The minimum Gasteiger partial charge on any atom is -0.388 e. The molecule has 1 unspecified atom stereocenters. The maximum atomic E-state index is 13.3. The summed E-state index contributed by atoms with van der Waals surface area (Å²) in [6.45, 7) is 5.73. The predicted molar refractivity (Wildman–Crippen MR) is 77.2 cm³/mol. The number of benzene rings is 1. The normalized spacial score (nSPS) is 11.5. The van der Waals surface area contributed by atoms with Crippen molar-refractivity contribution in [2.45, 2.75) is 45.1 Å². The van der Waals surface area contributed by atoms with Crippen LogP contribution in [-0.2, 0) is 0 Å². The highest BCUT2D eigenvalue weighted by molar-refractivity contribution is 5.43. The van der Waals surface area contributed by atoms with E-state index in [9.17, 15) is 9.50 Å². The standard InChI is InChI=1S/C17H21FO/c1-3-5-6-7-8-10-14-11-12-15(18)13-16(14)17(19)9-4-2/h4,11-13,17,19H,2-3,5-7,9H2,1H3. The van der Waals surface area contributed by atoms with Gasteiger partial charge in [-0.15, -0.1) is 6.58 Å². The Balaban J connectivity index is 2.84. The third-order valence-electron chi connectivity index (χ3n) is 2.89. The van der Waals surface area contributed by atoms with Gasteiger partial charge < -0.3 is 5.11 Å². The molecule has 0 heterocycles. The Hall–Kier alpha value is -1.59. The number of halogens is 1. The van der Waals surface area contributed by atoms with Crippen molar-refractivity contribution in [1.82, 2.24) is 0 Å². The van der Waals surface area contributed by atoms with E-state index in [1.54, 1.807) is 12.1 Å². The van der Waals surface area contributed by atoms with Crippen molar-refractivity contribution >= 4 is 0 Å². The van der Waals surface area contributed by atoms with Crippen molar-refractivity contribution in [1.29, 1.82) is 0 Å². The quantitative estimate of drug-likeness (QED) is 0.457. The van der Waals surface area contributed by atoms with Crippen LogP contribution in [0.15, 0.2) is 30.9 Å². The minimum atomic E-state index is -0.742. The van der Waals surface area contributed by atoms with E-state index in [1.807, 2.05) is 0 Å². The molecule has 0 aliphatic heterocycles. The van der Waals surface area contributed by atoms with Crippen molar-refractivity contribution in [2.75, 3.05) is 0 Å². The Morgan fingerprint density at radius 2 is 2.21 bits per heavy atom. The molecule has 0 saturated carbocycles. The van der Waals surface area contributed by atoms with E-state index in [4.69, 9.17) is 0 Å². The second-order valence-corrected chi connectivity index (χ2v) is 4.53. The van der Waals surface area contributed by atoms with Crippen LogP contribution < -0.4 is 0 Å². The molecule has 1 N–H and O–H groups in total. The zero-order valence-electron chi connectivity index (χ0n) is 11.5. The van der Waals surface area contributed by atoms with Gasteiger partial charge in [-0.3, -0.25) is 0 Å². The molecule has 1 nitrogen and oxygen atoms in total. The maximum Gasteiger partial charge on any atom is 0.123 e. The highest BCUT2D eigenvalue weighted by Crippen LogP contribution is 2.22. The number of aliphatic hydroxyl groups excluding tert-OH is 1. The summed E-state index contributed by atoms with van der Waals surface area (Å²) in [7, 11) is 0. The zero-order valence-corrected chi connectivity index (χ0v) is 11.5. The fourth-order valence-electron chi connectivity index (χ4n) is 1.83. The van der Waals surface area contributed by atoms with Gasteiger partial charge in [0.1, 0.15) is 5.82 Å². The summed E-state index contributed by atoms with van der Waals surface area (Å²) in [6.07, 6.45) is 5.53. The van der Waals surface area contributed by atoms with E-state index >= 15 is 0 Å². The van der Waals surface area contributed by atoms with Crippen LogP contribution in [0.25, 0.3) is 0 Å². The van der Waals surface area contributed by atoms with Crippen molar-refractivity contribution < 1.29 is 9.50 Å². The molecule has 1 atom stereocenters. The van der Waals surface area contributed by atoms with Crippen molar-refractivity contribution in [3.05, 3.63) is 47.8 Å². The van der Waals surface area contributed by atoms with E-state index in [2.05, 4.69) is 25.3 Å². The second-order valence-electron chi connectivity index (χ2n) is 4.53. The molecule has 0 aliphatic rings. The first-order chi connectivity index (χ1) is 9.19. The lowest BCUT2D eigenvalue weighted by Gasteiger charge is -2.10. The van der Waals surface area contributed by atoms with Gasteiger partial charge in [-0.2, -0.15) is 0 Å². The molecule has 0 amide bonds. The molecule has 0 fully saturated rings. The van der Waals surface area contributed by atoms with E-state index in [1.165, 1.54) is 25.0 Å². The molecule has 102 valence electrons. The summed E-state index contributed by atoms with van der Waals surface area (Å²) in [5, 5.41) is 9.96. The molecule has 19 heavy (non-hydrogen) atoms. The van der Waals surface area contributed by atoms with Gasteiger partial charge in [-0.25, -0.2) is 4.39 Å². The molecule has 0 bridgehead atoms. The number of hydrogen-bond acceptors (Lipinski definition) is 1. The smallest absolute Gasteiger partial charge is 0.123 e. The van der Waals surface area contributed by atoms with Gasteiger partial charge in [-0.05, 0) is 36.6 Å². The van der Waals surface area contributed by atoms with E-state index in [0.29, 0.717) is 17.5 Å². The van der Waals surface area contributed by atoms with Crippen molar-refractivity contribution in [2.24, 2.45) is 0 Å². The third kappa shape index (κ3) is 5.28. The molecule has 0 spiro atoms. The van der Waals surface area contributed by atoms with E-state index in [-0.39, 0.29) is 5.82 Å². The van der Waals surface area contributed by atoms with Crippen LogP contribution in [-0.4, -0.2) is 5.11 Å². The van der Waals surface area contributed by atoms with Gasteiger partial charge in [0.25, 0.3) is 0 Å². The monoisotopic (exact) mass is 260 g/mol. The number of hydrogen-bond donors (Lipinski definition) is 1. The Morgan fingerprint density at radius 1 is 1.42 bits per heavy atom. The van der Waals surface area contributed by atoms with Gasteiger partial charge in [0, 0.05) is 12.0 Å². The van der Waals surface area contributed by atoms with Gasteiger partial charge in [0.05, 0.1) is 6.10 Å². The molecule has 2 heteroatoms. The van der Waals surface area contributed by atoms with E-state index < -0.39 is 6.10 Å². The van der Waals surface area contributed by atoms with Gasteiger partial charge in [-0.1, -0.05) is 37.7 Å². The van der Waals surface area contributed by atoms with Crippen LogP contribution in [0.3, 0.4) is 0 Å². The van der Waals surface area contributed by atoms with Gasteiger partial charge in [0.2, 0.25) is 0 Å². The zero-order chi connectivity index (χ0) is 14.1. The summed E-state index contributed by atoms with van der Waals surface area (Å²) in [5.41, 5.74) is 1.25. The molecule has 1 aromatic rings. The molecule has 0 aliphatic carbocycles. The maximum absolute atomic E-state index is 13.3. The Kier molecular flexibility index (Phi) is 6.92. The van der Waals surface area contributed by atoms with Crippen LogP contribution in [0.4, 0.5) is 4.39 Å². The van der Waals surface area contributed by atoms with Crippen LogP contribution in [0.5, 0.6) is 0 Å². The Morgan fingerprint density at radius 3 is 2.89 bits per heavy atom. The average Bonchev–Trinajstić information content (AvgIpc) is 2.40. The summed E-state index contributed by atoms with van der Waals surface area (Å²) < 4.78 is 13.3. The second kappa shape index (κ2) is 8.50. The van der Waals surface area contributed by atoms with Crippen molar-refractivity contribution in [3.8, 4) is 11.8 Å². The first-order valence-corrected chi connectivity index (χ1v) is 6.76. The van der Waals surface area contributed by atoms with E-state index in [0.717, 1.165) is 12.8 Å². The first kappa shape index (κ1) is 15.5. The van der Waals surface area contributed by atoms with Crippen LogP contribution in [0.1, 0.15) is 56.3 Å². The molecule has 0 saturated heterocycles. The highest BCUT2D eigenvalue weighted by Gasteiger charge is 2.11. The van der Waals surface area contributed by atoms with Gasteiger partial charge >= 0.3 is 0 Å². The number of rotatable bonds is 6. The largest absolute Gasteiger partial charge is 0.388 e. The lowest BCUT2D eigenvalue weighted by atomic mass is 10.00. The topological polar surface area (TPSA) is 20.2 Å². The lowest BCUT2D eigenvalue weighted by molar-refractivity contribution is 0.181. The number of unbranched alkanes of at least 4 members (excludes halogenated alkanes) is 3. The van der Waals surface area contributed by atoms with Crippen LogP contribution in [0, 0.1) is 17.7 Å². The number of aliphatic hydroxyl groups is 1. The molecule has 1 rings (SSSR count). The molecular formula is C17H21FO. The lowest BCUT2D eigenvalue weighted by Crippen LogP contribution is -2.00. The van der Waals surface area contributed by atoms with Gasteiger partial charge in [0.15, 0.2) is 0 Å². The van der Waals surface area contributed by atoms with Crippen molar-refractivity contribution in [3.63, 3.8) is 0 Å². The van der Waals surface area contributed by atoms with Crippen LogP contribution in [0.2, 0.25) is 0 Å². The minimum absolute atomic E-state index is 0.352. The average molecular weight is 260 g/mol. The molecule has 0 radical (unpaired) electrons. The summed E-state index contributed by atoms with van der Waals surface area (Å²) in [6, 6.07) is 4.36.